The van der Waals surface area contributed by atoms with E-state index in [0.717, 1.165) is 11.6 Å². The van der Waals surface area contributed by atoms with Gasteiger partial charge in [0.1, 0.15) is 11.6 Å². The zero-order valence-electron chi connectivity index (χ0n) is 10.7. The van der Waals surface area contributed by atoms with Gasteiger partial charge in [-0.15, -0.1) is 21.8 Å². The summed E-state index contributed by atoms with van der Waals surface area (Å²) in [7, 11) is 0. The van der Waals surface area contributed by atoms with Crippen LogP contribution in [0.5, 0.6) is 0 Å². The van der Waals surface area contributed by atoms with Gasteiger partial charge in [0.25, 0.3) is 0 Å². The molecule has 0 aromatic carbocycles. The van der Waals surface area contributed by atoms with Gasteiger partial charge in [-0.3, -0.25) is 0 Å². The third-order valence-electron chi connectivity index (χ3n) is 3.51. The highest BCUT2D eigenvalue weighted by Crippen LogP contribution is 2.40. The van der Waals surface area contributed by atoms with E-state index in [4.69, 9.17) is 11.6 Å². The quantitative estimate of drug-likeness (QED) is 0.785. The Morgan fingerprint density at radius 3 is 2.44 bits per heavy atom. The summed E-state index contributed by atoms with van der Waals surface area (Å²) in [6, 6.07) is 0.200. The molecule has 1 aliphatic rings. The zero-order valence-corrected chi connectivity index (χ0v) is 11.4. The molecule has 0 saturated heterocycles. The largest absolute Gasteiger partial charge is 0.311 e. The van der Waals surface area contributed by atoms with Crippen LogP contribution in [0.3, 0.4) is 0 Å². The van der Waals surface area contributed by atoms with E-state index in [1.54, 1.807) is 0 Å². The van der Waals surface area contributed by atoms with E-state index < -0.39 is 5.92 Å². The average Bonchev–Trinajstić information content (AvgIpc) is 2.72. The van der Waals surface area contributed by atoms with Gasteiger partial charge in [0.05, 0.1) is 5.88 Å². The fourth-order valence-electron chi connectivity index (χ4n) is 2.57. The lowest BCUT2D eigenvalue weighted by Gasteiger charge is -2.28. The van der Waals surface area contributed by atoms with E-state index in [2.05, 4.69) is 10.2 Å². The van der Waals surface area contributed by atoms with Crippen LogP contribution in [-0.4, -0.2) is 20.7 Å². The Balaban J connectivity index is 2.21. The van der Waals surface area contributed by atoms with E-state index in [1.807, 2.05) is 18.4 Å². The third kappa shape index (κ3) is 2.66. The van der Waals surface area contributed by atoms with E-state index in [9.17, 15) is 8.78 Å². The zero-order chi connectivity index (χ0) is 13.3. The van der Waals surface area contributed by atoms with Crippen LogP contribution in [0.1, 0.15) is 63.1 Å². The lowest BCUT2D eigenvalue weighted by atomic mass is 9.86. The highest BCUT2D eigenvalue weighted by atomic mass is 35.5. The second-order valence-electron chi connectivity index (χ2n) is 5.20. The summed E-state index contributed by atoms with van der Waals surface area (Å²) in [6.45, 7) is 4.06. The fraction of sp³-hybridized carbons (Fsp3) is 0.833. The predicted molar refractivity (Wildman–Crippen MR) is 66.1 cm³/mol. The van der Waals surface area contributed by atoms with Crippen LogP contribution in [0, 0.1) is 0 Å². The van der Waals surface area contributed by atoms with Gasteiger partial charge in [0.15, 0.2) is 0 Å². The topological polar surface area (TPSA) is 30.7 Å². The molecule has 1 heterocycles. The molecular formula is C12H18ClF2N3. The second kappa shape index (κ2) is 5.11. The standard InChI is InChI=1S/C12H18ClF2N3/c1-8(2)18-10(7-13)16-17-11(18)9-3-5-12(14,15)6-4-9/h8-9H,3-7H2,1-2H3. The van der Waals surface area contributed by atoms with E-state index in [1.165, 1.54) is 0 Å². The number of nitrogens with zero attached hydrogens (tertiary/aromatic N) is 3. The Morgan fingerprint density at radius 1 is 1.33 bits per heavy atom. The number of halogens is 3. The van der Waals surface area contributed by atoms with E-state index >= 15 is 0 Å². The lowest BCUT2D eigenvalue weighted by molar-refractivity contribution is -0.0390. The number of rotatable bonds is 3. The first-order valence-electron chi connectivity index (χ1n) is 6.32. The molecule has 0 N–H and O–H groups in total. The maximum absolute atomic E-state index is 13.2. The van der Waals surface area contributed by atoms with E-state index in [0.29, 0.717) is 18.7 Å². The molecule has 1 aromatic heterocycles. The van der Waals surface area contributed by atoms with Crippen molar-refractivity contribution in [3.05, 3.63) is 11.6 Å². The summed E-state index contributed by atoms with van der Waals surface area (Å²) < 4.78 is 28.3. The van der Waals surface area contributed by atoms with Gasteiger partial charge in [0, 0.05) is 24.8 Å². The van der Waals surface area contributed by atoms with Crippen molar-refractivity contribution in [2.24, 2.45) is 0 Å². The molecule has 102 valence electrons. The highest BCUT2D eigenvalue weighted by molar-refractivity contribution is 6.16. The van der Waals surface area contributed by atoms with Crippen LogP contribution in [0.2, 0.25) is 0 Å². The summed E-state index contributed by atoms with van der Waals surface area (Å²) in [5, 5.41) is 8.22. The van der Waals surface area contributed by atoms with Gasteiger partial charge in [-0.05, 0) is 26.7 Å². The summed E-state index contributed by atoms with van der Waals surface area (Å²) in [5.41, 5.74) is 0. The van der Waals surface area contributed by atoms with E-state index in [-0.39, 0.29) is 24.8 Å². The van der Waals surface area contributed by atoms with Crippen LogP contribution in [0.15, 0.2) is 0 Å². The van der Waals surface area contributed by atoms with Gasteiger partial charge in [0.2, 0.25) is 5.92 Å². The van der Waals surface area contributed by atoms with Crippen LogP contribution in [0.4, 0.5) is 8.78 Å². The minimum Gasteiger partial charge on any atom is -0.311 e. The normalized spacial score (nSPS) is 20.6. The molecule has 1 fully saturated rings. The Morgan fingerprint density at radius 2 is 1.94 bits per heavy atom. The summed E-state index contributed by atoms with van der Waals surface area (Å²) in [6.07, 6.45) is 0.831. The molecule has 3 nitrogen and oxygen atoms in total. The maximum Gasteiger partial charge on any atom is 0.248 e. The van der Waals surface area contributed by atoms with Crippen molar-refractivity contribution in [2.45, 2.75) is 63.3 Å². The summed E-state index contributed by atoms with van der Waals surface area (Å²) >= 11 is 5.83. The first-order valence-corrected chi connectivity index (χ1v) is 6.85. The smallest absolute Gasteiger partial charge is 0.248 e. The Bertz CT molecular complexity index is 407. The molecule has 0 spiro atoms. The summed E-state index contributed by atoms with van der Waals surface area (Å²) in [5.74, 6) is -0.589. The van der Waals surface area contributed by atoms with Gasteiger partial charge in [-0.2, -0.15) is 0 Å². The minimum absolute atomic E-state index is 0.0567. The summed E-state index contributed by atoms with van der Waals surface area (Å²) in [4.78, 5) is 0. The molecule has 0 radical (unpaired) electrons. The molecule has 0 amide bonds. The first kappa shape index (κ1) is 13.7. The minimum atomic E-state index is -2.51. The van der Waals surface area contributed by atoms with Gasteiger partial charge >= 0.3 is 0 Å². The van der Waals surface area contributed by atoms with Crippen LogP contribution >= 0.6 is 11.6 Å². The molecule has 0 bridgehead atoms. The number of aromatic nitrogens is 3. The SMILES string of the molecule is CC(C)n1c(CCl)nnc1C1CCC(F)(F)CC1. The molecule has 1 saturated carbocycles. The van der Waals surface area contributed by atoms with Crippen LogP contribution in [0.25, 0.3) is 0 Å². The van der Waals surface area contributed by atoms with Gasteiger partial charge < -0.3 is 4.57 Å². The van der Waals surface area contributed by atoms with Gasteiger partial charge in [-0.25, -0.2) is 8.78 Å². The monoisotopic (exact) mass is 277 g/mol. The Kier molecular flexibility index (Phi) is 3.90. The van der Waals surface area contributed by atoms with Crippen molar-refractivity contribution in [3.63, 3.8) is 0 Å². The second-order valence-corrected chi connectivity index (χ2v) is 5.47. The van der Waals surface area contributed by atoms with Crippen molar-refractivity contribution < 1.29 is 8.78 Å². The van der Waals surface area contributed by atoms with Crippen molar-refractivity contribution >= 4 is 11.6 Å². The molecule has 1 aromatic rings. The Labute approximate surface area is 111 Å². The molecule has 0 atom stereocenters. The van der Waals surface area contributed by atoms with Crippen molar-refractivity contribution in [1.29, 1.82) is 0 Å². The molecule has 2 rings (SSSR count). The molecular weight excluding hydrogens is 260 g/mol. The molecule has 6 heteroatoms. The first-order chi connectivity index (χ1) is 8.44. The lowest BCUT2D eigenvalue weighted by Crippen LogP contribution is -2.25. The molecule has 0 aliphatic heterocycles. The average molecular weight is 278 g/mol. The maximum atomic E-state index is 13.2. The highest BCUT2D eigenvalue weighted by Gasteiger charge is 2.37. The van der Waals surface area contributed by atoms with Gasteiger partial charge in [-0.1, -0.05) is 0 Å². The van der Waals surface area contributed by atoms with Crippen molar-refractivity contribution in [1.82, 2.24) is 14.8 Å². The molecule has 1 aliphatic carbocycles. The van der Waals surface area contributed by atoms with Crippen molar-refractivity contribution in [3.8, 4) is 0 Å². The number of hydrogen-bond donors (Lipinski definition) is 0. The Hall–Kier alpha value is -0.710. The number of hydrogen-bond acceptors (Lipinski definition) is 2. The van der Waals surface area contributed by atoms with Crippen LogP contribution < -0.4 is 0 Å². The molecule has 0 unspecified atom stereocenters. The molecule has 18 heavy (non-hydrogen) atoms. The number of alkyl halides is 3. The fourth-order valence-corrected chi connectivity index (χ4v) is 2.75. The third-order valence-corrected chi connectivity index (χ3v) is 3.75. The van der Waals surface area contributed by atoms with Crippen molar-refractivity contribution in [2.75, 3.05) is 0 Å². The van der Waals surface area contributed by atoms with Crippen LogP contribution in [-0.2, 0) is 5.88 Å². The predicted octanol–water partition coefficient (Wildman–Crippen LogP) is 3.89.